The van der Waals surface area contributed by atoms with Gasteiger partial charge in [0.1, 0.15) is 0 Å². The van der Waals surface area contributed by atoms with E-state index in [9.17, 15) is 8.42 Å². The van der Waals surface area contributed by atoms with Crippen LogP contribution in [0.1, 0.15) is 34.1 Å². The van der Waals surface area contributed by atoms with Crippen molar-refractivity contribution in [3.8, 4) is 0 Å². The first kappa shape index (κ1) is 17.2. The number of nitrogens with zero attached hydrogens (tertiary/aromatic N) is 1. The molecule has 1 rings (SSSR count). The Labute approximate surface area is 111 Å². The summed E-state index contributed by atoms with van der Waals surface area (Å²) in [5.41, 5.74) is 5.62. The highest BCUT2D eigenvalue weighted by molar-refractivity contribution is 7.89. The smallest absolute Gasteiger partial charge is 0.214 e. The second-order valence-electron chi connectivity index (χ2n) is 6.08. The van der Waals surface area contributed by atoms with Gasteiger partial charge in [-0.1, -0.05) is 20.8 Å². The predicted molar refractivity (Wildman–Crippen MR) is 73.8 cm³/mol. The second-order valence-corrected chi connectivity index (χ2v) is 8.05. The molecule has 104 valence electrons. The molecule has 1 fully saturated rings. The second kappa shape index (κ2) is 5.87. The Bertz CT molecular complexity index is 336. The van der Waals surface area contributed by atoms with Crippen molar-refractivity contribution in [2.24, 2.45) is 17.1 Å². The lowest BCUT2D eigenvalue weighted by molar-refractivity contribution is 0.406. The number of halogens is 1. The van der Waals surface area contributed by atoms with E-state index in [1.165, 1.54) is 0 Å². The van der Waals surface area contributed by atoms with Crippen LogP contribution in [0.25, 0.3) is 0 Å². The zero-order chi connectivity index (χ0) is 12.6. The Morgan fingerprint density at radius 3 is 2.29 bits per heavy atom. The summed E-state index contributed by atoms with van der Waals surface area (Å²) in [5, 5.41) is 0. The van der Waals surface area contributed by atoms with E-state index < -0.39 is 10.0 Å². The molecule has 1 heterocycles. The van der Waals surface area contributed by atoms with Crippen LogP contribution in [0, 0.1) is 11.3 Å². The van der Waals surface area contributed by atoms with Gasteiger partial charge in [-0.15, -0.1) is 12.4 Å². The van der Waals surface area contributed by atoms with Crippen LogP contribution in [0.3, 0.4) is 0 Å². The van der Waals surface area contributed by atoms with E-state index in [1.54, 1.807) is 4.31 Å². The number of hydrogen-bond donors (Lipinski definition) is 1. The van der Waals surface area contributed by atoms with Gasteiger partial charge in [0.15, 0.2) is 0 Å². The predicted octanol–water partition coefficient (Wildman–Crippen LogP) is 1.45. The van der Waals surface area contributed by atoms with E-state index >= 15 is 0 Å². The summed E-state index contributed by atoms with van der Waals surface area (Å²) in [6, 6.07) is 0.0786. The summed E-state index contributed by atoms with van der Waals surface area (Å²) in [5.74, 6) is 0.529. The summed E-state index contributed by atoms with van der Waals surface area (Å²) in [4.78, 5) is 0. The molecule has 1 aliphatic heterocycles. The van der Waals surface area contributed by atoms with Crippen LogP contribution in [0.2, 0.25) is 0 Å². The molecule has 0 radical (unpaired) electrons. The van der Waals surface area contributed by atoms with Crippen LogP contribution >= 0.6 is 12.4 Å². The molecule has 0 spiro atoms. The van der Waals surface area contributed by atoms with Gasteiger partial charge in [0, 0.05) is 19.1 Å². The average Bonchev–Trinajstić information content (AvgIpc) is 2.46. The summed E-state index contributed by atoms with van der Waals surface area (Å²) < 4.78 is 25.8. The summed E-state index contributed by atoms with van der Waals surface area (Å²) in [6.45, 7) is 9.02. The van der Waals surface area contributed by atoms with Gasteiger partial charge in [0.05, 0.1) is 5.75 Å². The van der Waals surface area contributed by atoms with Gasteiger partial charge in [0.25, 0.3) is 0 Å². The average molecular weight is 285 g/mol. The maximum absolute atomic E-state index is 12.1. The lowest BCUT2D eigenvalue weighted by atomic mass is 10.0. The van der Waals surface area contributed by atoms with Crippen LogP contribution in [-0.2, 0) is 10.0 Å². The molecule has 0 aliphatic carbocycles. The Hall–Kier alpha value is 0.160. The number of rotatable bonds is 3. The molecule has 0 saturated carbocycles. The molecule has 0 aromatic rings. The summed E-state index contributed by atoms with van der Waals surface area (Å²) in [7, 11) is -3.11. The summed E-state index contributed by atoms with van der Waals surface area (Å²) in [6.07, 6.45) is 0.890. The third-order valence-electron chi connectivity index (χ3n) is 2.94. The fraction of sp³-hybridized carbons (Fsp3) is 1.00. The van der Waals surface area contributed by atoms with Crippen LogP contribution in [-0.4, -0.2) is 37.6 Å². The number of hydrogen-bond acceptors (Lipinski definition) is 3. The van der Waals surface area contributed by atoms with Crippen LogP contribution < -0.4 is 5.73 Å². The molecule has 1 saturated heterocycles. The van der Waals surface area contributed by atoms with Gasteiger partial charge in [-0.05, 0) is 24.7 Å². The van der Waals surface area contributed by atoms with Crippen molar-refractivity contribution in [2.45, 2.75) is 40.2 Å². The lowest BCUT2D eigenvalue weighted by Crippen LogP contribution is -2.37. The van der Waals surface area contributed by atoms with Crippen LogP contribution in [0.5, 0.6) is 0 Å². The first-order chi connectivity index (χ1) is 7.12. The molecule has 0 bridgehead atoms. The van der Waals surface area contributed by atoms with Crippen molar-refractivity contribution in [1.29, 1.82) is 0 Å². The van der Waals surface area contributed by atoms with Crippen molar-refractivity contribution < 1.29 is 8.42 Å². The van der Waals surface area contributed by atoms with E-state index in [-0.39, 0.29) is 29.6 Å². The van der Waals surface area contributed by atoms with E-state index in [4.69, 9.17) is 5.73 Å². The Morgan fingerprint density at radius 1 is 1.41 bits per heavy atom. The molecule has 0 amide bonds. The molecule has 0 aromatic carbocycles. The minimum atomic E-state index is -3.11. The SMILES string of the molecule is CC(N)C1CCN(S(=O)(=O)CC(C)(C)C)C1.Cl. The number of nitrogens with two attached hydrogens (primary N) is 1. The first-order valence-electron chi connectivity index (χ1n) is 5.85. The molecule has 6 heteroatoms. The van der Waals surface area contributed by atoms with Crippen LogP contribution in [0.15, 0.2) is 0 Å². The highest BCUT2D eigenvalue weighted by atomic mass is 35.5. The van der Waals surface area contributed by atoms with Gasteiger partial charge in [0.2, 0.25) is 10.0 Å². The van der Waals surface area contributed by atoms with Gasteiger partial charge >= 0.3 is 0 Å². The van der Waals surface area contributed by atoms with Gasteiger partial charge in [-0.25, -0.2) is 12.7 Å². The third kappa shape index (κ3) is 5.12. The maximum Gasteiger partial charge on any atom is 0.214 e. The third-order valence-corrected chi connectivity index (χ3v) is 5.29. The fourth-order valence-corrected chi connectivity index (χ4v) is 4.15. The minimum absolute atomic E-state index is 0. The molecule has 2 unspecified atom stereocenters. The van der Waals surface area contributed by atoms with Crippen molar-refractivity contribution >= 4 is 22.4 Å². The molecule has 1 aliphatic rings. The normalized spacial score (nSPS) is 24.4. The van der Waals surface area contributed by atoms with E-state index in [0.717, 1.165) is 6.42 Å². The standard InChI is InChI=1S/C11H24N2O2S.ClH/c1-9(12)10-5-6-13(7-10)16(14,15)8-11(2,3)4;/h9-10H,5-8,12H2,1-4H3;1H. The zero-order valence-electron chi connectivity index (χ0n) is 11.1. The fourth-order valence-electron chi connectivity index (χ4n) is 2.07. The highest BCUT2D eigenvalue weighted by Gasteiger charge is 2.34. The van der Waals surface area contributed by atoms with Crippen LogP contribution in [0.4, 0.5) is 0 Å². The Balaban J connectivity index is 0.00000256. The molecular weight excluding hydrogens is 260 g/mol. The highest BCUT2D eigenvalue weighted by Crippen LogP contribution is 2.25. The molecule has 4 nitrogen and oxygen atoms in total. The molecule has 2 N–H and O–H groups in total. The largest absolute Gasteiger partial charge is 0.328 e. The number of sulfonamides is 1. The lowest BCUT2D eigenvalue weighted by Gasteiger charge is -2.23. The summed E-state index contributed by atoms with van der Waals surface area (Å²) >= 11 is 0. The molecule has 0 aromatic heterocycles. The Morgan fingerprint density at radius 2 is 1.94 bits per heavy atom. The zero-order valence-corrected chi connectivity index (χ0v) is 12.8. The van der Waals surface area contributed by atoms with Crippen molar-refractivity contribution in [3.63, 3.8) is 0 Å². The monoisotopic (exact) mass is 284 g/mol. The van der Waals surface area contributed by atoms with E-state index in [0.29, 0.717) is 19.0 Å². The van der Waals surface area contributed by atoms with Gasteiger partial charge in [-0.2, -0.15) is 0 Å². The maximum atomic E-state index is 12.1. The Kier molecular flexibility index (Phi) is 5.92. The van der Waals surface area contributed by atoms with E-state index in [1.807, 2.05) is 27.7 Å². The van der Waals surface area contributed by atoms with Crippen molar-refractivity contribution in [2.75, 3.05) is 18.8 Å². The molecule has 17 heavy (non-hydrogen) atoms. The topological polar surface area (TPSA) is 63.4 Å². The van der Waals surface area contributed by atoms with Gasteiger partial charge < -0.3 is 5.73 Å². The van der Waals surface area contributed by atoms with Crippen molar-refractivity contribution in [1.82, 2.24) is 4.31 Å². The first-order valence-corrected chi connectivity index (χ1v) is 7.46. The molecule has 2 atom stereocenters. The minimum Gasteiger partial charge on any atom is -0.328 e. The molecular formula is C11H25ClN2O2S. The van der Waals surface area contributed by atoms with Crippen molar-refractivity contribution in [3.05, 3.63) is 0 Å². The van der Waals surface area contributed by atoms with E-state index in [2.05, 4.69) is 0 Å². The van der Waals surface area contributed by atoms with Gasteiger partial charge in [-0.3, -0.25) is 0 Å². The quantitative estimate of drug-likeness (QED) is 0.853.